The molecule has 0 heterocycles. The molecule has 3 amide bonds. The van der Waals surface area contributed by atoms with E-state index in [1.165, 1.54) is 0 Å². The Morgan fingerprint density at radius 2 is 1.84 bits per heavy atom. The maximum Gasteiger partial charge on any atom is 0.329 e. The summed E-state index contributed by atoms with van der Waals surface area (Å²) in [4.78, 5) is 33.8. The highest BCUT2D eigenvalue weighted by Crippen LogP contribution is 2.28. The van der Waals surface area contributed by atoms with E-state index in [2.05, 4.69) is 10.6 Å². The van der Waals surface area contributed by atoms with Crippen LogP contribution in [0.3, 0.4) is 0 Å². The molecule has 1 unspecified atom stereocenters. The molecule has 0 aromatic heterocycles. The van der Waals surface area contributed by atoms with E-state index in [9.17, 15) is 19.5 Å². The summed E-state index contributed by atoms with van der Waals surface area (Å²) in [6.07, 6.45) is 3.43. The summed E-state index contributed by atoms with van der Waals surface area (Å²) in [7, 11) is 0. The molecule has 0 aliphatic heterocycles. The molecule has 0 radical (unpaired) electrons. The average Bonchev–Trinajstić information content (AvgIpc) is 2.28. The summed E-state index contributed by atoms with van der Waals surface area (Å²) in [5, 5.41) is 14.4. The number of hydrogen-bond donors (Lipinski definition) is 4. The fraction of sp³-hybridized carbons (Fsp3) is 0.750. The molecule has 1 rings (SSSR count). The number of carbonyl (C=O) groups is 3. The number of carboxylic acid groups (broad SMARTS) is 1. The molecular formula is C12H21N3O4. The van der Waals surface area contributed by atoms with Crippen LogP contribution in [0.25, 0.3) is 0 Å². The first-order chi connectivity index (χ1) is 8.85. The lowest BCUT2D eigenvalue weighted by molar-refractivity contribution is -0.145. The van der Waals surface area contributed by atoms with Crippen LogP contribution in [0.4, 0.5) is 4.79 Å². The zero-order chi connectivity index (χ0) is 14.5. The highest BCUT2D eigenvalue weighted by molar-refractivity contribution is 5.86. The van der Waals surface area contributed by atoms with Crippen LogP contribution in [0.1, 0.15) is 45.4 Å². The molecule has 19 heavy (non-hydrogen) atoms. The van der Waals surface area contributed by atoms with E-state index >= 15 is 0 Å². The molecule has 1 fully saturated rings. The van der Waals surface area contributed by atoms with Crippen molar-refractivity contribution < 1.29 is 19.5 Å². The second-order valence-electron chi connectivity index (χ2n) is 5.12. The van der Waals surface area contributed by atoms with Crippen LogP contribution >= 0.6 is 0 Å². The van der Waals surface area contributed by atoms with Crippen molar-refractivity contribution >= 4 is 17.9 Å². The number of carbonyl (C=O) groups excluding carboxylic acids is 2. The van der Waals surface area contributed by atoms with Crippen LogP contribution in [-0.2, 0) is 9.59 Å². The predicted molar refractivity (Wildman–Crippen MR) is 68.4 cm³/mol. The Morgan fingerprint density at radius 1 is 1.26 bits per heavy atom. The van der Waals surface area contributed by atoms with Crippen molar-refractivity contribution in [1.82, 2.24) is 10.6 Å². The third kappa shape index (κ3) is 4.42. The summed E-state index contributed by atoms with van der Waals surface area (Å²) in [5.74, 6) is -1.52. The lowest BCUT2D eigenvalue weighted by atomic mass is 9.82. The predicted octanol–water partition coefficient (Wildman–Crippen LogP) is 0.337. The summed E-state index contributed by atoms with van der Waals surface area (Å²) in [6.45, 7) is 1.64. The van der Waals surface area contributed by atoms with Gasteiger partial charge < -0.3 is 21.5 Å². The van der Waals surface area contributed by atoms with Crippen LogP contribution in [0.15, 0.2) is 0 Å². The largest absolute Gasteiger partial charge is 0.480 e. The first-order valence-electron chi connectivity index (χ1n) is 6.46. The molecule has 0 saturated heterocycles. The van der Waals surface area contributed by atoms with Crippen molar-refractivity contribution in [3.8, 4) is 0 Å². The normalized spacial score (nSPS) is 19.2. The lowest BCUT2D eigenvalue weighted by Crippen LogP contribution is -2.59. The highest BCUT2D eigenvalue weighted by atomic mass is 16.4. The van der Waals surface area contributed by atoms with Crippen molar-refractivity contribution in [3.05, 3.63) is 0 Å². The van der Waals surface area contributed by atoms with Gasteiger partial charge in [-0.1, -0.05) is 19.3 Å². The van der Waals surface area contributed by atoms with E-state index in [1.807, 2.05) is 0 Å². The number of primary amides is 1. The molecular weight excluding hydrogens is 250 g/mol. The zero-order valence-electron chi connectivity index (χ0n) is 11.1. The fourth-order valence-corrected chi connectivity index (χ4v) is 2.38. The Hall–Kier alpha value is -1.79. The maximum atomic E-state index is 11.8. The van der Waals surface area contributed by atoms with E-state index in [0.717, 1.165) is 19.3 Å². The lowest BCUT2D eigenvalue weighted by Gasteiger charge is -2.34. The van der Waals surface area contributed by atoms with Gasteiger partial charge in [-0.2, -0.15) is 0 Å². The van der Waals surface area contributed by atoms with Gasteiger partial charge >= 0.3 is 12.0 Å². The van der Waals surface area contributed by atoms with Gasteiger partial charge in [-0.15, -0.1) is 0 Å². The third-order valence-corrected chi connectivity index (χ3v) is 3.35. The number of carboxylic acids is 1. The third-order valence-electron chi connectivity index (χ3n) is 3.35. The van der Waals surface area contributed by atoms with Crippen molar-refractivity contribution in [1.29, 1.82) is 0 Å². The number of nitrogens with one attached hydrogen (secondary N) is 2. The molecule has 0 spiro atoms. The Labute approximate surface area is 111 Å². The van der Waals surface area contributed by atoms with Crippen LogP contribution in [-0.4, -0.2) is 34.6 Å². The van der Waals surface area contributed by atoms with Crippen molar-refractivity contribution in [2.45, 2.75) is 57.0 Å². The summed E-state index contributed by atoms with van der Waals surface area (Å²) in [5.41, 5.74) is 3.84. The van der Waals surface area contributed by atoms with Gasteiger partial charge in [-0.05, 0) is 19.8 Å². The van der Waals surface area contributed by atoms with Crippen LogP contribution < -0.4 is 16.4 Å². The van der Waals surface area contributed by atoms with Crippen molar-refractivity contribution in [3.63, 3.8) is 0 Å². The molecule has 1 aliphatic carbocycles. The standard InChI is InChI=1S/C12H21N3O4/c1-8(7-9(13)16)14-11(19)15-12(10(17)18)5-3-2-4-6-12/h8H,2-7H2,1H3,(H2,13,16)(H,17,18)(H2,14,15,19). The van der Waals surface area contributed by atoms with Gasteiger partial charge in [0.25, 0.3) is 0 Å². The topological polar surface area (TPSA) is 122 Å². The number of aliphatic carboxylic acids is 1. The zero-order valence-corrected chi connectivity index (χ0v) is 11.1. The number of hydrogen-bond acceptors (Lipinski definition) is 3. The quantitative estimate of drug-likeness (QED) is 0.575. The van der Waals surface area contributed by atoms with Crippen LogP contribution in [0.5, 0.6) is 0 Å². The molecule has 0 aromatic carbocycles. The van der Waals surface area contributed by atoms with E-state index < -0.39 is 29.5 Å². The molecule has 1 saturated carbocycles. The van der Waals surface area contributed by atoms with Gasteiger partial charge in [0.1, 0.15) is 5.54 Å². The minimum absolute atomic E-state index is 0.0213. The first kappa shape index (κ1) is 15.3. The molecule has 0 bridgehead atoms. The maximum absolute atomic E-state index is 11.8. The Kier molecular flexibility index (Phi) is 5.14. The number of rotatable bonds is 5. The van der Waals surface area contributed by atoms with Gasteiger partial charge in [0.15, 0.2) is 0 Å². The fourth-order valence-electron chi connectivity index (χ4n) is 2.38. The van der Waals surface area contributed by atoms with Gasteiger partial charge in [0, 0.05) is 12.5 Å². The molecule has 108 valence electrons. The Morgan fingerprint density at radius 3 is 2.32 bits per heavy atom. The second kappa shape index (κ2) is 6.40. The van der Waals surface area contributed by atoms with Crippen molar-refractivity contribution in [2.75, 3.05) is 0 Å². The van der Waals surface area contributed by atoms with Gasteiger partial charge in [-0.3, -0.25) is 4.79 Å². The monoisotopic (exact) mass is 271 g/mol. The number of nitrogens with two attached hydrogens (primary N) is 1. The van der Waals surface area contributed by atoms with E-state index in [0.29, 0.717) is 12.8 Å². The SMILES string of the molecule is CC(CC(N)=O)NC(=O)NC1(C(=O)O)CCCCC1. The van der Waals surface area contributed by atoms with Gasteiger partial charge in [-0.25, -0.2) is 9.59 Å². The van der Waals surface area contributed by atoms with Crippen molar-refractivity contribution in [2.24, 2.45) is 5.73 Å². The highest BCUT2D eigenvalue weighted by Gasteiger charge is 2.41. The summed E-state index contributed by atoms with van der Waals surface area (Å²) in [6, 6.07) is -0.995. The molecule has 7 heteroatoms. The van der Waals surface area contributed by atoms with Crippen LogP contribution in [0.2, 0.25) is 0 Å². The summed E-state index contributed by atoms with van der Waals surface area (Å²) >= 11 is 0. The summed E-state index contributed by atoms with van der Waals surface area (Å²) < 4.78 is 0. The molecule has 0 aromatic rings. The van der Waals surface area contributed by atoms with E-state index in [-0.39, 0.29) is 6.42 Å². The molecule has 7 nitrogen and oxygen atoms in total. The molecule has 1 atom stereocenters. The second-order valence-corrected chi connectivity index (χ2v) is 5.12. The Bertz CT molecular complexity index is 364. The van der Waals surface area contributed by atoms with Crippen LogP contribution in [0, 0.1) is 0 Å². The molecule has 5 N–H and O–H groups in total. The minimum Gasteiger partial charge on any atom is -0.480 e. The number of amides is 3. The van der Waals surface area contributed by atoms with Gasteiger partial charge in [0.05, 0.1) is 0 Å². The van der Waals surface area contributed by atoms with E-state index in [1.54, 1.807) is 6.92 Å². The van der Waals surface area contributed by atoms with E-state index in [4.69, 9.17) is 5.73 Å². The molecule has 1 aliphatic rings. The Balaban J connectivity index is 2.57. The average molecular weight is 271 g/mol. The smallest absolute Gasteiger partial charge is 0.329 e. The minimum atomic E-state index is -1.19. The first-order valence-corrected chi connectivity index (χ1v) is 6.46. The van der Waals surface area contributed by atoms with Gasteiger partial charge in [0.2, 0.25) is 5.91 Å². The number of urea groups is 1.